The Kier molecular flexibility index (Phi) is 2.44. The minimum atomic E-state index is -0.536. The molecule has 0 unspecified atom stereocenters. The minimum absolute atomic E-state index is 0.144. The first-order chi connectivity index (χ1) is 7.67. The first-order valence-electron chi connectivity index (χ1n) is 6.38. The minimum Gasteiger partial charge on any atom is -0.386 e. The molecule has 4 heteroatoms. The van der Waals surface area contributed by atoms with Crippen molar-refractivity contribution in [2.24, 2.45) is 11.8 Å². The van der Waals surface area contributed by atoms with Crippen molar-refractivity contribution < 1.29 is 9.90 Å². The zero-order valence-electron chi connectivity index (χ0n) is 9.61. The van der Waals surface area contributed by atoms with Gasteiger partial charge in [0.25, 0.3) is 0 Å². The van der Waals surface area contributed by atoms with Gasteiger partial charge in [-0.25, -0.2) is 0 Å². The predicted molar refractivity (Wildman–Crippen MR) is 59.8 cm³/mol. The van der Waals surface area contributed by atoms with Crippen LogP contribution in [0.15, 0.2) is 0 Å². The van der Waals surface area contributed by atoms with Crippen LogP contribution in [-0.4, -0.2) is 47.7 Å². The van der Waals surface area contributed by atoms with Crippen molar-refractivity contribution in [2.45, 2.75) is 31.3 Å². The molecule has 1 amide bonds. The predicted octanol–water partition coefficient (Wildman–Crippen LogP) is -0.0307. The molecule has 4 nitrogen and oxygen atoms in total. The molecule has 2 N–H and O–H groups in total. The lowest BCUT2D eigenvalue weighted by molar-refractivity contribution is -0.158. The SMILES string of the molecule is O=C(CNCC1CC1)N1CC(O)(C2CC2)C1. The topological polar surface area (TPSA) is 52.6 Å². The molecular formula is C12H20N2O2. The molecule has 1 heterocycles. The van der Waals surface area contributed by atoms with Crippen LogP contribution >= 0.6 is 0 Å². The number of hydrogen-bond donors (Lipinski definition) is 2. The van der Waals surface area contributed by atoms with Crippen molar-refractivity contribution in [1.29, 1.82) is 0 Å². The molecule has 0 spiro atoms. The van der Waals surface area contributed by atoms with Gasteiger partial charge in [0.1, 0.15) is 5.60 Å². The average Bonchev–Trinajstić information content (AvgIpc) is 3.02. The van der Waals surface area contributed by atoms with Crippen molar-refractivity contribution in [2.75, 3.05) is 26.2 Å². The molecule has 90 valence electrons. The van der Waals surface area contributed by atoms with E-state index in [0.29, 0.717) is 25.6 Å². The standard InChI is InChI=1S/C12H20N2O2/c15-11(6-13-5-9-1-2-9)14-7-12(16,8-14)10-3-4-10/h9-10,13,16H,1-8H2. The van der Waals surface area contributed by atoms with E-state index in [1.807, 2.05) is 0 Å². The Morgan fingerprint density at radius 1 is 1.31 bits per heavy atom. The summed E-state index contributed by atoms with van der Waals surface area (Å²) in [7, 11) is 0. The summed E-state index contributed by atoms with van der Waals surface area (Å²) in [6.07, 6.45) is 4.90. The van der Waals surface area contributed by atoms with Crippen molar-refractivity contribution >= 4 is 5.91 Å². The lowest BCUT2D eigenvalue weighted by Gasteiger charge is -2.47. The number of β-amino-alcohol motifs (C(OH)–C–C–N with tert-alkyl or cyclic N) is 1. The second-order valence-electron chi connectivity index (χ2n) is 5.70. The monoisotopic (exact) mass is 224 g/mol. The van der Waals surface area contributed by atoms with Gasteiger partial charge in [0.2, 0.25) is 5.91 Å². The molecule has 2 saturated carbocycles. The number of nitrogens with one attached hydrogen (secondary N) is 1. The van der Waals surface area contributed by atoms with Gasteiger partial charge < -0.3 is 15.3 Å². The van der Waals surface area contributed by atoms with E-state index in [0.717, 1.165) is 25.3 Å². The Morgan fingerprint density at radius 3 is 2.56 bits per heavy atom. The summed E-state index contributed by atoms with van der Waals surface area (Å²) in [5, 5.41) is 13.3. The van der Waals surface area contributed by atoms with E-state index in [1.54, 1.807) is 4.90 Å². The fraction of sp³-hybridized carbons (Fsp3) is 0.917. The zero-order chi connectivity index (χ0) is 11.2. The highest BCUT2D eigenvalue weighted by Gasteiger charge is 2.53. The number of aliphatic hydroxyl groups is 1. The molecular weight excluding hydrogens is 204 g/mol. The third-order valence-electron chi connectivity index (χ3n) is 4.03. The second-order valence-corrected chi connectivity index (χ2v) is 5.70. The van der Waals surface area contributed by atoms with Crippen molar-refractivity contribution in [3.8, 4) is 0 Å². The van der Waals surface area contributed by atoms with Crippen molar-refractivity contribution in [1.82, 2.24) is 10.2 Å². The van der Waals surface area contributed by atoms with Gasteiger partial charge in [-0.2, -0.15) is 0 Å². The normalized spacial score (nSPS) is 27.7. The third-order valence-corrected chi connectivity index (χ3v) is 4.03. The van der Waals surface area contributed by atoms with Crippen LogP contribution in [0.25, 0.3) is 0 Å². The molecule has 0 aromatic rings. The number of nitrogens with zero attached hydrogens (tertiary/aromatic N) is 1. The maximum absolute atomic E-state index is 11.7. The molecule has 3 aliphatic rings. The zero-order valence-corrected chi connectivity index (χ0v) is 9.61. The average molecular weight is 224 g/mol. The molecule has 0 radical (unpaired) electrons. The van der Waals surface area contributed by atoms with Gasteiger partial charge in [-0.1, -0.05) is 0 Å². The van der Waals surface area contributed by atoms with Gasteiger partial charge in [0.05, 0.1) is 19.6 Å². The molecule has 1 aliphatic heterocycles. The summed E-state index contributed by atoms with van der Waals surface area (Å²) in [4.78, 5) is 13.5. The Balaban J connectivity index is 1.36. The van der Waals surface area contributed by atoms with E-state index in [1.165, 1.54) is 12.8 Å². The molecule has 0 aromatic carbocycles. The summed E-state index contributed by atoms with van der Waals surface area (Å²) in [6.45, 7) is 2.53. The molecule has 0 atom stereocenters. The van der Waals surface area contributed by atoms with E-state index >= 15 is 0 Å². The summed E-state index contributed by atoms with van der Waals surface area (Å²) in [5.74, 6) is 1.43. The number of carbonyl (C=O) groups is 1. The van der Waals surface area contributed by atoms with Gasteiger partial charge in [-0.3, -0.25) is 4.79 Å². The molecule has 3 rings (SSSR count). The van der Waals surface area contributed by atoms with Gasteiger partial charge in [-0.05, 0) is 44.1 Å². The Bertz CT molecular complexity index is 291. The number of carbonyl (C=O) groups excluding carboxylic acids is 1. The summed E-state index contributed by atoms with van der Waals surface area (Å²) in [5.41, 5.74) is -0.536. The van der Waals surface area contributed by atoms with E-state index in [9.17, 15) is 9.90 Å². The van der Waals surface area contributed by atoms with Crippen LogP contribution in [0.1, 0.15) is 25.7 Å². The maximum atomic E-state index is 11.7. The quantitative estimate of drug-likeness (QED) is 0.689. The summed E-state index contributed by atoms with van der Waals surface area (Å²) >= 11 is 0. The van der Waals surface area contributed by atoms with Crippen LogP contribution in [-0.2, 0) is 4.79 Å². The molecule has 0 aromatic heterocycles. The fourth-order valence-corrected chi connectivity index (χ4v) is 2.49. The van der Waals surface area contributed by atoms with Gasteiger partial charge in [0, 0.05) is 0 Å². The summed E-state index contributed by atoms with van der Waals surface area (Å²) in [6, 6.07) is 0. The van der Waals surface area contributed by atoms with Crippen molar-refractivity contribution in [3.63, 3.8) is 0 Å². The van der Waals surface area contributed by atoms with E-state index in [2.05, 4.69) is 5.32 Å². The van der Waals surface area contributed by atoms with Gasteiger partial charge >= 0.3 is 0 Å². The van der Waals surface area contributed by atoms with E-state index < -0.39 is 5.60 Å². The van der Waals surface area contributed by atoms with E-state index in [4.69, 9.17) is 0 Å². The Morgan fingerprint density at radius 2 is 2.00 bits per heavy atom. The maximum Gasteiger partial charge on any atom is 0.236 e. The van der Waals surface area contributed by atoms with Gasteiger partial charge in [0.15, 0.2) is 0 Å². The molecule has 1 saturated heterocycles. The van der Waals surface area contributed by atoms with Gasteiger partial charge in [-0.15, -0.1) is 0 Å². The van der Waals surface area contributed by atoms with Crippen LogP contribution in [0.5, 0.6) is 0 Å². The highest BCUT2D eigenvalue weighted by Crippen LogP contribution is 2.44. The van der Waals surface area contributed by atoms with Crippen LogP contribution in [0.4, 0.5) is 0 Å². The number of rotatable bonds is 5. The molecule has 3 fully saturated rings. The fourth-order valence-electron chi connectivity index (χ4n) is 2.49. The molecule has 16 heavy (non-hydrogen) atoms. The first kappa shape index (κ1) is 10.5. The highest BCUT2D eigenvalue weighted by molar-refractivity contribution is 5.79. The first-order valence-corrected chi connectivity index (χ1v) is 6.38. The highest BCUT2D eigenvalue weighted by atomic mass is 16.3. The van der Waals surface area contributed by atoms with Crippen LogP contribution in [0.3, 0.4) is 0 Å². The lowest BCUT2D eigenvalue weighted by Crippen LogP contribution is -2.65. The second kappa shape index (κ2) is 3.70. The smallest absolute Gasteiger partial charge is 0.236 e. The largest absolute Gasteiger partial charge is 0.386 e. The Labute approximate surface area is 96.0 Å². The third kappa shape index (κ3) is 2.09. The summed E-state index contributed by atoms with van der Waals surface area (Å²) < 4.78 is 0. The Hall–Kier alpha value is -0.610. The van der Waals surface area contributed by atoms with Crippen LogP contribution < -0.4 is 5.32 Å². The molecule has 2 aliphatic carbocycles. The molecule has 0 bridgehead atoms. The van der Waals surface area contributed by atoms with E-state index in [-0.39, 0.29) is 5.91 Å². The van der Waals surface area contributed by atoms with Crippen molar-refractivity contribution in [3.05, 3.63) is 0 Å². The number of likely N-dealkylation sites (tertiary alicyclic amines) is 1. The number of hydrogen-bond acceptors (Lipinski definition) is 3. The van der Waals surface area contributed by atoms with Crippen LogP contribution in [0, 0.1) is 11.8 Å². The lowest BCUT2D eigenvalue weighted by atomic mass is 9.89. The van der Waals surface area contributed by atoms with Crippen LogP contribution in [0.2, 0.25) is 0 Å². The number of amides is 1.